The number of terminal acetylenes is 1. The Morgan fingerprint density at radius 3 is 2.52 bits per heavy atom. The average molecular weight is 394 g/mol. The smallest absolute Gasteiger partial charge is 0.293 e. The molecule has 1 aromatic carbocycles. The zero-order chi connectivity index (χ0) is 21.9. The first-order valence-electron chi connectivity index (χ1n) is 8.60. The zero-order valence-electron chi connectivity index (χ0n) is 16.4. The number of hydrogen-bond donors (Lipinski definition) is 2. The number of nitriles is 1. The van der Waals surface area contributed by atoms with Gasteiger partial charge in [-0.05, 0) is 44.5 Å². The number of carbonyl (C=O) groups excluding carboxylic acids is 3. The third kappa shape index (κ3) is 4.17. The van der Waals surface area contributed by atoms with E-state index in [1.54, 1.807) is 33.9 Å². The molecule has 0 spiro atoms. The largest absolute Gasteiger partial charge is 0.343 e. The van der Waals surface area contributed by atoms with E-state index < -0.39 is 29.5 Å². The number of benzene rings is 1. The van der Waals surface area contributed by atoms with Crippen molar-refractivity contribution < 1.29 is 18.8 Å². The van der Waals surface area contributed by atoms with E-state index in [-0.39, 0.29) is 22.5 Å². The molecule has 0 aliphatic rings. The third-order valence-electron chi connectivity index (χ3n) is 4.52. The fourth-order valence-corrected chi connectivity index (χ4v) is 2.93. The van der Waals surface area contributed by atoms with Crippen molar-refractivity contribution in [3.8, 4) is 18.4 Å². The summed E-state index contributed by atoms with van der Waals surface area (Å²) in [7, 11) is 1.58. The van der Waals surface area contributed by atoms with E-state index in [2.05, 4.69) is 16.6 Å². The Bertz CT molecular complexity index is 1100. The van der Waals surface area contributed by atoms with Crippen molar-refractivity contribution in [2.24, 2.45) is 7.05 Å². The molecular weight excluding hydrogens is 375 g/mol. The fraction of sp³-hybridized carbons (Fsp3) is 0.238. The SMILES string of the molecule is C#C[C@H](C)NC(=O)C(=O)c1c(C)c(C(=O)Nc2ccc(F)c(C#N)c2)n(C)c1C. The lowest BCUT2D eigenvalue weighted by Gasteiger charge is -2.08. The molecule has 0 unspecified atom stereocenters. The van der Waals surface area contributed by atoms with E-state index in [9.17, 15) is 18.8 Å². The van der Waals surface area contributed by atoms with Gasteiger partial charge in [-0.1, -0.05) is 5.92 Å². The van der Waals surface area contributed by atoms with E-state index in [0.29, 0.717) is 11.3 Å². The van der Waals surface area contributed by atoms with Crippen molar-refractivity contribution in [2.45, 2.75) is 26.8 Å². The van der Waals surface area contributed by atoms with Gasteiger partial charge in [-0.2, -0.15) is 5.26 Å². The van der Waals surface area contributed by atoms with Gasteiger partial charge in [0, 0.05) is 18.4 Å². The molecule has 0 radical (unpaired) electrons. The molecule has 1 aromatic heterocycles. The van der Waals surface area contributed by atoms with Gasteiger partial charge in [0.05, 0.1) is 17.2 Å². The Labute approximate surface area is 167 Å². The van der Waals surface area contributed by atoms with Gasteiger partial charge in [0.2, 0.25) is 0 Å². The van der Waals surface area contributed by atoms with Gasteiger partial charge in [0.15, 0.2) is 0 Å². The molecule has 0 saturated carbocycles. The molecule has 2 amide bonds. The summed E-state index contributed by atoms with van der Waals surface area (Å²) in [6.45, 7) is 4.73. The van der Waals surface area contributed by atoms with Gasteiger partial charge in [-0.15, -0.1) is 6.42 Å². The predicted octanol–water partition coefficient (Wildman–Crippen LogP) is 2.23. The number of carbonyl (C=O) groups is 3. The molecule has 2 rings (SSSR count). The van der Waals surface area contributed by atoms with Crippen LogP contribution in [0.25, 0.3) is 0 Å². The molecular formula is C21H19FN4O3. The summed E-state index contributed by atoms with van der Waals surface area (Å²) in [5.41, 5.74) is 1.02. The van der Waals surface area contributed by atoms with Crippen LogP contribution in [0.1, 0.15) is 44.6 Å². The minimum Gasteiger partial charge on any atom is -0.343 e. The highest BCUT2D eigenvalue weighted by molar-refractivity contribution is 6.43. The summed E-state index contributed by atoms with van der Waals surface area (Å²) in [5, 5.41) is 13.9. The van der Waals surface area contributed by atoms with Gasteiger partial charge < -0.3 is 15.2 Å². The zero-order valence-corrected chi connectivity index (χ0v) is 16.4. The summed E-state index contributed by atoms with van der Waals surface area (Å²) in [4.78, 5) is 37.5. The number of aromatic nitrogens is 1. The van der Waals surface area contributed by atoms with Gasteiger partial charge in [0.25, 0.3) is 17.6 Å². The number of Topliss-reactive ketones (excluding diaryl/α,β-unsaturated/α-hetero) is 1. The minimum absolute atomic E-state index is 0.108. The topological polar surface area (TPSA) is 104 Å². The molecule has 148 valence electrons. The summed E-state index contributed by atoms with van der Waals surface area (Å²) in [6.07, 6.45) is 5.21. The first kappa shape index (κ1) is 21.4. The van der Waals surface area contributed by atoms with E-state index in [4.69, 9.17) is 11.7 Å². The normalized spacial score (nSPS) is 11.1. The Kier molecular flexibility index (Phi) is 6.20. The second-order valence-corrected chi connectivity index (χ2v) is 6.44. The van der Waals surface area contributed by atoms with Gasteiger partial charge >= 0.3 is 0 Å². The molecule has 0 aliphatic heterocycles. The maximum Gasteiger partial charge on any atom is 0.293 e. The van der Waals surface area contributed by atoms with Crippen LogP contribution in [-0.2, 0) is 11.8 Å². The van der Waals surface area contributed by atoms with Crippen molar-refractivity contribution in [1.29, 1.82) is 5.26 Å². The van der Waals surface area contributed by atoms with Crippen LogP contribution in [0.4, 0.5) is 10.1 Å². The van der Waals surface area contributed by atoms with E-state index in [0.717, 1.165) is 6.07 Å². The minimum atomic E-state index is -0.864. The number of amides is 2. The lowest BCUT2D eigenvalue weighted by Crippen LogP contribution is -2.37. The van der Waals surface area contributed by atoms with Crippen molar-refractivity contribution >= 4 is 23.3 Å². The highest BCUT2D eigenvalue weighted by atomic mass is 19.1. The Morgan fingerprint density at radius 2 is 1.93 bits per heavy atom. The van der Waals surface area contributed by atoms with Crippen LogP contribution in [0.5, 0.6) is 0 Å². The molecule has 2 aromatic rings. The molecule has 0 bridgehead atoms. The highest BCUT2D eigenvalue weighted by Crippen LogP contribution is 2.23. The van der Waals surface area contributed by atoms with Crippen molar-refractivity contribution in [3.05, 3.63) is 52.1 Å². The van der Waals surface area contributed by atoms with E-state index in [1.165, 1.54) is 16.7 Å². The quantitative estimate of drug-likeness (QED) is 0.461. The Balaban J connectivity index is 2.38. The van der Waals surface area contributed by atoms with Crippen LogP contribution in [0.3, 0.4) is 0 Å². The summed E-state index contributed by atoms with van der Waals surface area (Å²) < 4.78 is 15.0. The maximum atomic E-state index is 13.5. The van der Waals surface area contributed by atoms with Gasteiger partial charge in [0.1, 0.15) is 17.6 Å². The van der Waals surface area contributed by atoms with Crippen LogP contribution in [0, 0.1) is 43.3 Å². The predicted molar refractivity (Wildman–Crippen MR) is 105 cm³/mol. The number of rotatable bonds is 5. The summed E-state index contributed by atoms with van der Waals surface area (Å²) >= 11 is 0. The van der Waals surface area contributed by atoms with Crippen molar-refractivity contribution in [3.63, 3.8) is 0 Å². The van der Waals surface area contributed by atoms with Gasteiger partial charge in [-0.3, -0.25) is 14.4 Å². The van der Waals surface area contributed by atoms with Crippen LogP contribution in [-0.4, -0.2) is 28.2 Å². The first-order valence-corrected chi connectivity index (χ1v) is 8.60. The van der Waals surface area contributed by atoms with Crippen LogP contribution in [0.15, 0.2) is 18.2 Å². The number of nitrogens with one attached hydrogen (secondary N) is 2. The third-order valence-corrected chi connectivity index (χ3v) is 4.52. The summed E-state index contributed by atoms with van der Waals surface area (Å²) in [5.74, 6) is -0.628. The number of anilines is 1. The first-order chi connectivity index (χ1) is 13.6. The second-order valence-electron chi connectivity index (χ2n) is 6.44. The molecule has 1 heterocycles. The molecule has 2 N–H and O–H groups in total. The number of ketones is 1. The Morgan fingerprint density at radius 1 is 1.28 bits per heavy atom. The van der Waals surface area contributed by atoms with Crippen molar-refractivity contribution in [1.82, 2.24) is 9.88 Å². The second kappa shape index (κ2) is 8.41. The lowest BCUT2D eigenvalue weighted by molar-refractivity contribution is -0.117. The lowest BCUT2D eigenvalue weighted by atomic mass is 10.0. The molecule has 0 aliphatic carbocycles. The van der Waals surface area contributed by atoms with Crippen LogP contribution >= 0.6 is 0 Å². The number of hydrogen-bond acceptors (Lipinski definition) is 4. The maximum absolute atomic E-state index is 13.5. The molecule has 8 heteroatoms. The van der Waals surface area contributed by atoms with Crippen LogP contribution in [0.2, 0.25) is 0 Å². The standard InChI is InChI=1S/C21H19FN4O3/c1-6-11(2)24-21(29)19(27)17-12(3)18(26(5)13(17)4)20(28)25-15-7-8-16(22)14(9-15)10-23/h1,7-9,11H,2-5H3,(H,24,29)(H,25,28)/t11-/m0/s1. The molecule has 29 heavy (non-hydrogen) atoms. The number of nitrogens with zero attached hydrogens (tertiary/aromatic N) is 2. The van der Waals surface area contributed by atoms with E-state index >= 15 is 0 Å². The monoisotopic (exact) mass is 394 g/mol. The van der Waals surface area contributed by atoms with Crippen molar-refractivity contribution in [2.75, 3.05) is 5.32 Å². The molecule has 1 atom stereocenters. The average Bonchev–Trinajstić information content (AvgIpc) is 2.91. The van der Waals surface area contributed by atoms with Crippen LogP contribution < -0.4 is 10.6 Å². The van der Waals surface area contributed by atoms with E-state index in [1.807, 2.05) is 0 Å². The summed E-state index contributed by atoms with van der Waals surface area (Å²) in [6, 6.07) is 4.68. The molecule has 0 fully saturated rings. The van der Waals surface area contributed by atoms with Gasteiger partial charge in [-0.25, -0.2) is 4.39 Å². The molecule has 0 saturated heterocycles. The Hall–Kier alpha value is -3.91. The highest BCUT2D eigenvalue weighted by Gasteiger charge is 2.29. The molecule has 7 nitrogen and oxygen atoms in total. The number of halogens is 1. The fourth-order valence-electron chi connectivity index (χ4n) is 2.93.